The zero-order valence-electron chi connectivity index (χ0n) is 9.37. The molecule has 0 bridgehead atoms. The third-order valence-corrected chi connectivity index (χ3v) is 3.59. The van der Waals surface area contributed by atoms with Crippen LogP contribution in [-0.4, -0.2) is 9.78 Å². The highest BCUT2D eigenvalue weighted by atomic mass is 127. The summed E-state index contributed by atoms with van der Waals surface area (Å²) in [6.45, 7) is 2.93. The van der Waals surface area contributed by atoms with Gasteiger partial charge in [0.05, 0.1) is 6.20 Å². The second kappa shape index (κ2) is 4.86. The number of benzene rings is 1. The quantitative estimate of drug-likeness (QED) is 0.879. The highest BCUT2D eigenvalue weighted by Crippen LogP contribution is 2.17. The van der Waals surface area contributed by atoms with Crippen LogP contribution in [-0.2, 0) is 13.6 Å². The summed E-state index contributed by atoms with van der Waals surface area (Å²) in [5.41, 5.74) is 3.66. The van der Waals surface area contributed by atoms with E-state index in [2.05, 4.69) is 58.1 Å². The van der Waals surface area contributed by atoms with Gasteiger partial charge in [-0.3, -0.25) is 4.68 Å². The predicted molar refractivity (Wildman–Crippen MR) is 74.4 cm³/mol. The average Bonchev–Trinajstić information content (AvgIpc) is 2.66. The van der Waals surface area contributed by atoms with E-state index in [1.54, 1.807) is 0 Å². The lowest BCUT2D eigenvalue weighted by Crippen LogP contribution is -1.99. The smallest absolute Gasteiger partial charge is 0.0539 e. The Bertz CT molecular complexity index is 491. The minimum absolute atomic E-state index is 0.812. The molecule has 0 aliphatic rings. The lowest BCUT2D eigenvalue weighted by atomic mass is 10.2. The van der Waals surface area contributed by atoms with Crippen LogP contribution in [0.1, 0.15) is 11.1 Å². The van der Waals surface area contributed by atoms with Gasteiger partial charge in [-0.15, -0.1) is 0 Å². The number of hydrogen-bond donors (Lipinski definition) is 1. The van der Waals surface area contributed by atoms with Crippen molar-refractivity contribution in [1.29, 1.82) is 0 Å². The van der Waals surface area contributed by atoms with Crippen molar-refractivity contribution in [2.24, 2.45) is 7.05 Å². The summed E-state index contributed by atoms with van der Waals surface area (Å²) in [4.78, 5) is 0. The molecule has 2 rings (SSSR count). The first-order valence-corrected chi connectivity index (χ1v) is 6.20. The van der Waals surface area contributed by atoms with E-state index in [4.69, 9.17) is 0 Å². The number of nitrogens with zero attached hydrogens (tertiary/aromatic N) is 2. The maximum absolute atomic E-state index is 4.14. The van der Waals surface area contributed by atoms with Crippen molar-refractivity contribution in [3.63, 3.8) is 0 Å². The molecule has 0 aliphatic carbocycles. The average molecular weight is 327 g/mol. The van der Waals surface area contributed by atoms with Crippen molar-refractivity contribution in [2.75, 3.05) is 5.32 Å². The Morgan fingerprint density at radius 2 is 2.25 bits per heavy atom. The van der Waals surface area contributed by atoms with Gasteiger partial charge in [-0.2, -0.15) is 5.10 Å². The van der Waals surface area contributed by atoms with Crippen LogP contribution in [0.15, 0.2) is 30.6 Å². The zero-order chi connectivity index (χ0) is 11.5. The Morgan fingerprint density at radius 3 is 2.88 bits per heavy atom. The van der Waals surface area contributed by atoms with Crippen LogP contribution in [0.5, 0.6) is 0 Å². The summed E-state index contributed by atoms with van der Waals surface area (Å²) in [7, 11) is 1.93. The second-order valence-electron chi connectivity index (χ2n) is 3.84. The first-order chi connectivity index (χ1) is 7.65. The van der Waals surface area contributed by atoms with Crippen LogP contribution in [0.3, 0.4) is 0 Å². The van der Waals surface area contributed by atoms with E-state index in [1.807, 2.05) is 24.1 Å². The fourth-order valence-corrected chi connectivity index (χ4v) is 1.99. The van der Waals surface area contributed by atoms with Crippen molar-refractivity contribution in [1.82, 2.24) is 9.78 Å². The van der Waals surface area contributed by atoms with Crippen LogP contribution in [0.4, 0.5) is 5.69 Å². The molecule has 0 amide bonds. The first-order valence-electron chi connectivity index (χ1n) is 5.13. The molecule has 0 fully saturated rings. The molecule has 0 aliphatic heterocycles. The van der Waals surface area contributed by atoms with Gasteiger partial charge in [0, 0.05) is 34.6 Å². The van der Waals surface area contributed by atoms with Crippen LogP contribution >= 0.6 is 22.6 Å². The monoisotopic (exact) mass is 327 g/mol. The summed E-state index contributed by atoms with van der Waals surface area (Å²) in [5.74, 6) is 0. The Morgan fingerprint density at radius 1 is 1.44 bits per heavy atom. The molecule has 1 N–H and O–H groups in total. The Labute approximate surface area is 109 Å². The van der Waals surface area contributed by atoms with E-state index in [9.17, 15) is 0 Å². The van der Waals surface area contributed by atoms with Crippen LogP contribution in [0.25, 0.3) is 0 Å². The molecule has 1 aromatic carbocycles. The second-order valence-corrected chi connectivity index (χ2v) is 5.00. The molecule has 3 nitrogen and oxygen atoms in total. The van der Waals surface area contributed by atoms with Gasteiger partial charge in [0.2, 0.25) is 0 Å². The van der Waals surface area contributed by atoms with Gasteiger partial charge < -0.3 is 5.32 Å². The summed E-state index contributed by atoms with van der Waals surface area (Å²) in [6, 6.07) is 6.40. The minimum atomic E-state index is 0.812. The molecule has 0 radical (unpaired) electrons. The Kier molecular flexibility index (Phi) is 3.48. The standard InChI is InChI=1S/C12H14IN3/c1-9-3-4-11(5-12(9)13)14-6-10-7-15-16(2)8-10/h3-5,7-8,14H,6H2,1-2H3. The number of hydrogen-bond acceptors (Lipinski definition) is 2. The van der Waals surface area contributed by atoms with Crippen molar-refractivity contribution in [3.8, 4) is 0 Å². The summed E-state index contributed by atoms with van der Waals surface area (Å²) in [6.07, 6.45) is 3.90. The lowest BCUT2D eigenvalue weighted by Gasteiger charge is -2.06. The molecule has 0 spiro atoms. The largest absolute Gasteiger partial charge is 0.381 e. The summed E-state index contributed by atoms with van der Waals surface area (Å²) in [5, 5.41) is 7.52. The zero-order valence-corrected chi connectivity index (χ0v) is 11.5. The van der Waals surface area contributed by atoms with Gasteiger partial charge in [-0.25, -0.2) is 0 Å². The molecule has 1 aromatic heterocycles. The topological polar surface area (TPSA) is 29.9 Å². The van der Waals surface area contributed by atoms with E-state index in [0.717, 1.165) is 12.2 Å². The number of anilines is 1. The molecular formula is C12H14IN3. The van der Waals surface area contributed by atoms with Crippen LogP contribution < -0.4 is 5.32 Å². The fourth-order valence-electron chi connectivity index (χ4n) is 1.47. The van der Waals surface area contributed by atoms with Crippen LogP contribution in [0, 0.1) is 10.5 Å². The molecule has 2 aromatic rings. The number of nitrogens with one attached hydrogen (secondary N) is 1. The normalized spacial score (nSPS) is 10.4. The molecule has 16 heavy (non-hydrogen) atoms. The lowest BCUT2D eigenvalue weighted by molar-refractivity contribution is 0.767. The predicted octanol–water partition coefficient (Wildman–Crippen LogP) is 2.95. The molecular weight excluding hydrogens is 313 g/mol. The summed E-state index contributed by atoms with van der Waals surface area (Å²) < 4.78 is 3.10. The molecule has 0 unspecified atom stereocenters. The van der Waals surface area contributed by atoms with Gasteiger partial charge in [0.1, 0.15) is 0 Å². The van der Waals surface area contributed by atoms with E-state index < -0.39 is 0 Å². The molecule has 0 atom stereocenters. The van der Waals surface area contributed by atoms with Gasteiger partial charge in [-0.1, -0.05) is 6.07 Å². The number of halogens is 1. The van der Waals surface area contributed by atoms with Crippen molar-refractivity contribution in [3.05, 3.63) is 45.3 Å². The molecule has 84 valence electrons. The van der Waals surface area contributed by atoms with E-state index in [0.29, 0.717) is 0 Å². The van der Waals surface area contributed by atoms with Gasteiger partial charge >= 0.3 is 0 Å². The SMILES string of the molecule is Cc1ccc(NCc2cnn(C)c2)cc1I. The molecule has 1 heterocycles. The highest BCUT2D eigenvalue weighted by molar-refractivity contribution is 14.1. The Hall–Kier alpha value is -1.04. The van der Waals surface area contributed by atoms with Crippen molar-refractivity contribution in [2.45, 2.75) is 13.5 Å². The van der Waals surface area contributed by atoms with Gasteiger partial charge in [0.15, 0.2) is 0 Å². The minimum Gasteiger partial charge on any atom is -0.381 e. The van der Waals surface area contributed by atoms with Gasteiger partial charge in [0.25, 0.3) is 0 Å². The van der Waals surface area contributed by atoms with E-state index in [-0.39, 0.29) is 0 Å². The van der Waals surface area contributed by atoms with Gasteiger partial charge in [-0.05, 0) is 47.2 Å². The van der Waals surface area contributed by atoms with Crippen molar-refractivity contribution >= 4 is 28.3 Å². The Balaban J connectivity index is 2.02. The van der Waals surface area contributed by atoms with Crippen molar-refractivity contribution < 1.29 is 0 Å². The third kappa shape index (κ3) is 2.75. The fraction of sp³-hybridized carbons (Fsp3) is 0.250. The third-order valence-electron chi connectivity index (χ3n) is 2.43. The molecule has 0 saturated heterocycles. The number of rotatable bonds is 3. The first kappa shape index (κ1) is 11.4. The van der Waals surface area contributed by atoms with E-state index in [1.165, 1.54) is 14.7 Å². The maximum Gasteiger partial charge on any atom is 0.0539 e. The number of aromatic nitrogens is 2. The highest BCUT2D eigenvalue weighted by Gasteiger charge is 1.99. The maximum atomic E-state index is 4.14. The van der Waals surface area contributed by atoms with Crippen LogP contribution in [0.2, 0.25) is 0 Å². The molecule has 4 heteroatoms. The van der Waals surface area contributed by atoms with E-state index >= 15 is 0 Å². The number of aryl methyl sites for hydroxylation is 2. The summed E-state index contributed by atoms with van der Waals surface area (Å²) >= 11 is 2.35. The molecule has 0 saturated carbocycles.